The molecule has 0 atom stereocenters. The lowest BCUT2D eigenvalue weighted by atomic mass is 10.3. The number of hydrogen-bond donors (Lipinski definition) is 1. The van der Waals surface area contributed by atoms with Gasteiger partial charge >= 0.3 is 0 Å². The van der Waals surface area contributed by atoms with Gasteiger partial charge in [-0.2, -0.15) is 0 Å². The molecular formula is C14H16O3S. The van der Waals surface area contributed by atoms with Crippen LogP contribution >= 0.6 is 0 Å². The Bertz CT molecular complexity index is 550. The fraction of sp³-hybridized carbons (Fsp3) is 0.214. The second-order valence-corrected chi connectivity index (χ2v) is 5.58. The van der Waals surface area contributed by atoms with Crippen molar-refractivity contribution in [3.8, 4) is 0 Å². The molecule has 1 aromatic rings. The number of allylic oxidation sites excluding steroid dienone is 2. The SMILES string of the molecule is C=C=C(CC/C=C\CO)S(=O)(=O)c1ccccc1. The Hall–Kier alpha value is -1.61. The van der Waals surface area contributed by atoms with Crippen LogP contribution in [-0.2, 0) is 9.84 Å². The topological polar surface area (TPSA) is 54.4 Å². The van der Waals surface area contributed by atoms with Crippen molar-refractivity contribution in [3.63, 3.8) is 0 Å². The molecule has 0 fully saturated rings. The summed E-state index contributed by atoms with van der Waals surface area (Å²) in [6.07, 6.45) is 4.18. The molecule has 0 aliphatic carbocycles. The van der Waals surface area contributed by atoms with E-state index < -0.39 is 9.84 Å². The lowest BCUT2D eigenvalue weighted by molar-refractivity contribution is 0.342. The third-order valence-electron chi connectivity index (χ3n) is 2.39. The average molecular weight is 264 g/mol. The van der Waals surface area contributed by atoms with Crippen LogP contribution in [0.5, 0.6) is 0 Å². The normalized spacial score (nSPS) is 11.4. The third kappa shape index (κ3) is 3.70. The van der Waals surface area contributed by atoms with E-state index >= 15 is 0 Å². The molecule has 0 saturated carbocycles. The molecule has 1 rings (SSSR count). The third-order valence-corrected chi connectivity index (χ3v) is 4.28. The number of benzene rings is 1. The van der Waals surface area contributed by atoms with E-state index in [2.05, 4.69) is 12.3 Å². The molecule has 1 N–H and O–H groups in total. The van der Waals surface area contributed by atoms with Crippen molar-refractivity contribution in [2.45, 2.75) is 17.7 Å². The second-order valence-electron chi connectivity index (χ2n) is 3.61. The molecule has 0 amide bonds. The van der Waals surface area contributed by atoms with Crippen molar-refractivity contribution in [1.82, 2.24) is 0 Å². The summed E-state index contributed by atoms with van der Waals surface area (Å²) < 4.78 is 24.4. The highest BCUT2D eigenvalue weighted by molar-refractivity contribution is 7.95. The van der Waals surface area contributed by atoms with Crippen LogP contribution in [0.15, 0.2) is 64.6 Å². The molecule has 0 radical (unpaired) electrons. The fourth-order valence-electron chi connectivity index (χ4n) is 1.47. The highest BCUT2D eigenvalue weighted by Gasteiger charge is 2.18. The molecular weight excluding hydrogens is 248 g/mol. The fourth-order valence-corrected chi connectivity index (χ4v) is 2.84. The molecule has 0 unspecified atom stereocenters. The summed E-state index contributed by atoms with van der Waals surface area (Å²) in [5.41, 5.74) is 2.50. The van der Waals surface area contributed by atoms with Crippen LogP contribution in [-0.4, -0.2) is 20.1 Å². The van der Waals surface area contributed by atoms with E-state index in [1.165, 1.54) is 0 Å². The van der Waals surface area contributed by atoms with Crippen LogP contribution in [0.1, 0.15) is 12.8 Å². The first-order valence-electron chi connectivity index (χ1n) is 5.58. The minimum absolute atomic E-state index is 0.0431. The van der Waals surface area contributed by atoms with E-state index in [1.54, 1.807) is 42.5 Å². The van der Waals surface area contributed by atoms with E-state index in [4.69, 9.17) is 5.11 Å². The van der Waals surface area contributed by atoms with Crippen molar-refractivity contribution in [2.75, 3.05) is 6.61 Å². The number of aliphatic hydroxyl groups is 1. The second kappa shape index (κ2) is 6.97. The average Bonchev–Trinajstić information content (AvgIpc) is 2.39. The zero-order valence-corrected chi connectivity index (χ0v) is 10.9. The van der Waals surface area contributed by atoms with Crippen LogP contribution in [0.2, 0.25) is 0 Å². The molecule has 0 saturated heterocycles. The molecule has 18 heavy (non-hydrogen) atoms. The van der Waals surface area contributed by atoms with Crippen LogP contribution in [0.3, 0.4) is 0 Å². The van der Waals surface area contributed by atoms with Crippen LogP contribution in [0.4, 0.5) is 0 Å². The Balaban J connectivity index is 2.90. The van der Waals surface area contributed by atoms with Gasteiger partial charge in [-0.05, 0) is 25.0 Å². The molecule has 0 bridgehead atoms. The maximum atomic E-state index is 12.2. The Morgan fingerprint density at radius 1 is 1.28 bits per heavy atom. The summed E-state index contributed by atoms with van der Waals surface area (Å²) in [4.78, 5) is 0.429. The van der Waals surface area contributed by atoms with Crippen LogP contribution < -0.4 is 0 Å². The highest BCUT2D eigenvalue weighted by Crippen LogP contribution is 2.21. The molecule has 1 aromatic carbocycles. The number of aliphatic hydroxyl groups excluding tert-OH is 1. The maximum Gasteiger partial charge on any atom is 0.210 e. The summed E-state index contributed by atoms with van der Waals surface area (Å²) in [5, 5.41) is 8.59. The number of sulfone groups is 1. The Morgan fingerprint density at radius 3 is 2.50 bits per heavy atom. The summed E-state index contributed by atoms with van der Waals surface area (Å²) in [6.45, 7) is 3.39. The smallest absolute Gasteiger partial charge is 0.210 e. The summed E-state index contributed by atoms with van der Waals surface area (Å²) in [5.74, 6) is 0. The first kappa shape index (κ1) is 14.5. The van der Waals surface area contributed by atoms with Gasteiger partial charge in [0.2, 0.25) is 9.84 Å². The van der Waals surface area contributed by atoms with E-state index in [-0.39, 0.29) is 16.4 Å². The molecule has 0 spiro atoms. The van der Waals surface area contributed by atoms with Crippen LogP contribution in [0.25, 0.3) is 0 Å². The largest absolute Gasteiger partial charge is 0.392 e. The molecule has 3 nitrogen and oxygen atoms in total. The Kier molecular flexibility index (Phi) is 5.59. The van der Waals surface area contributed by atoms with E-state index in [0.717, 1.165) is 0 Å². The van der Waals surface area contributed by atoms with Crippen molar-refractivity contribution in [2.24, 2.45) is 0 Å². The van der Waals surface area contributed by atoms with E-state index in [0.29, 0.717) is 12.8 Å². The van der Waals surface area contributed by atoms with E-state index in [9.17, 15) is 8.42 Å². The molecule has 0 aliphatic rings. The Morgan fingerprint density at radius 2 is 1.94 bits per heavy atom. The zero-order chi connectivity index (χ0) is 13.4. The van der Waals surface area contributed by atoms with Gasteiger partial charge in [-0.25, -0.2) is 8.42 Å². The number of rotatable bonds is 6. The molecule has 0 aliphatic heterocycles. The van der Waals surface area contributed by atoms with Gasteiger partial charge in [0, 0.05) is 0 Å². The van der Waals surface area contributed by atoms with Gasteiger partial charge < -0.3 is 5.11 Å². The Labute approximate surface area is 108 Å². The minimum Gasteiger partial charge on any atom is -0.392 e. The monoisotopic (exact) mass is 264 g/mol. The first-order chi connectivity index (χ1) is 8.62. The van der Waals surface area contributed by atoms with Gasteiger partial charge in [0.1, 0.15) is 0 Å². The van der Waals surface area contributed by atoms with Gasteiger partial charge in [0.15, 0.2) is 0 Å². The van der Waals surface area contributed by atoms with Crippen molar-refractivity contribution >= 4 is 9.84 Å². The molecule has 4 heteroatoms. The molecule has 96 valence electrons. The van der Waals surface area contributed by atoms with Gasteiger partial charge in [0.25, 0.3) is 0 Å². The zero-order valence-electron chi connectivity index (χ0n) is 10.0. The lowest BCUT2D eigenvalue weighted by Crippen LogP contribution is -2.04. The summed E-state index contributed by atoms with van der Waals surface area (Å²) in [6, 6.07) is 8.23. The molecule has 0 aromatic heterocycles. The molecule has 0 heterocycles. The summed E-state index contributed by atoms with van der Waals surface area (Å²) in [7, 11) is -3.49. The van der Waals surface area contributed by atoms with Crippen molar-refractivity contribution < 1.29 is 13.5 Å². The predicted molar refractivity (Wildman–Crippen MR) is 71.7 cm³/mol. The van der Waals surface area contributed by atoms with E-state index in [1.807, 2.05) is 0 Å². The lowest BCUT2D eigenvalue weighted by Gasteiger charge is -2.05. The van der Waals surface area contributed by atoms with Gasteiger partial charge in [0.05, 0.1) is 16.4 Å². The standard InChI is InChI=1S/C14H16O3S/c1-2-13(9-7-4-8-12-15)18(16,17)14-10-5-3-6-11-14/h3-6,8,10-11,15H,1,7,9,12H2/b8-4-. The predicted octanol–water partition coefficient (Wildman–Crippen LogP) is 2.46. The number of hydrogen-bond acceptors (Lipinski definition) is 3. The highest BCUT2D eigenvalue weighted by atomic mass is 32.2. The minimum atomic E-state index is -3.49. The van der Waals surface area contributed by atoms with Crippen molar-refractivity contribution in [3.05, 3.63) is 59.7 Å². The van der Waals surface area contributed by atoms with Gasteiger partial charge in [-0.15, -0.1) is 5.73 Å². The van der Waals surface area contributed by atoms with Crippen LogP contribution in [0, 0.1) is 0 Å². The first-order valence-corrected chi connectivity index (χ1v) is 7.06. The van der Waals surface area contributed by atoms with Gasteiger partial charge in [-0.3, -0.25) is 0 Å². The quantitative estimate of drug-likeness (QED) is 0.634. The van der Waals surface area contributed by atoms with Gasteiger partial charge in [-0.1, -0.05) is 36.9 Å². The van der Waals surface area contributed by atoms with Crippen molar-refractivity contribution in [1.29, 1.82) is 0 Å². The maximum absolute atomic E-state index is 12.2. The summed E-state index contributed by atoms with van der Waals surface area (Å²) >= 11 is 0.